The molecule has 1 aromatic heterocycles. The molecule has 0 bridgehead atoms. The van der Waals surface area contributed by atoms with Crippen molar-refractivity contribution in [2.75, 3.05) is 30.3 Å². The lowest BCUT2D eigenvalue weighted by Gasteiger charge is -2.26. The molecule has 0 radical (unpaired) electrons. The third kappa shape index (κ3) is 4.84. The standard InChI is InChI=1S/C23H27N5O3S/c1-18-10-11-19(32(30,31)27-13-5-2-6-14-27)16-21(18)26-23(29)17-24-20-8-3-4-9-22(20)28-15-7-12-25-28/h3-4,7-12,15-16,24H,2,5-6,13-14,17H2,1H3,(H,26,29). The fourth-order valence-corrected chi connectivity index (χ4v) is 5.30. The Morgan fingerprint density at radius 2 is 1.81 bits per heavy atom. The minimum Gasteiger partial charge on any atom is -0.374 e. The number of benzene rings is 2. The molecule has 0 saturated carbocycles. The lowest BCUT2D eigenvalue weighted by molar-refractivity contribution is -0.114. The van der Waals surface area contributed by atoms with E-state index >= 15 is 0 Å². The number of carbonyl (C=O) groups is 1. The monoisotopic (exact) mass is 453 g/mol. The molecule has 2 N–H and O–H groups in total. The van der Waals surface area contributed by atoms with Crippen LogP contribution in [0.1, 0.15) is 24.8 Å². The molecule has 1 amide bonds. The second kappa shape index (κ2) is 9.54. The number of hydrogen-bond acceptors (Lipinski definition) is 5. The molecule has 3 aromatic rings. The van der Waals surface area contributed by atoms with E-state index in [1.54, 1.807) is 29.1 Å². The summed E-state index contributed by atoms with van der Waals surface area (Å²) in [6.07, 6.45) is 6.33. The first-order chi connectivity index (χ1) is 15.4. The van der Waals surface area contributed by atoms with Gasteiger partial charge in [-0.15, -0.1) is 0 Å². The molecule has 168 valence electrons. The molecule has 8 nitrogen and oxygen atoms in total. The number of nitrogens with one attached hydrogen (secondary N) is 2. The molecule has 4 rings (SSSR count). The van der Waals surface area contributed by atoms with Crippen molar-refractivity contribution in [1.29, 1.82) is 0 Å². The molecule has 1 fully saturated rings. The summed E-state index contributed by atoms with van der Waals surface area (Å²) in [7, 11) is -3.57. The highest BCUT2D eigenvalue weighted by molar-refractivity contribution is 7.89. The Hall–Kier alpha value is -3.17. The van der Waals surface area contributed by atoms with Crippen molar-refractivity contribution in [3.63, 3.8) is 0 Å². The quantitative estimate of drug-likeness (QED) is 0.572. The van der Waals surface area contributed by atoms with Gasteiger partial charge in [0.15, 0.2) is 0 Å². The minimum atomic E-state index is -3.57. The Bertz CT molecular complexity index is 1190. The Labute approximate surface area is 188 Å². The molecule has 0 spiro atoms. The maximum absolute atomic E-state index is 13.0. The number of carbonyl (C=O) groups excluding carboxylic acids is 1. The van der Waals surface area contributed by atoms with Gasteiger partial charge in [0, 0.05) is 31.2 Å². The molecule has 1 aliphatic rings. The molecule has 2 heterocycles. The van der Waals surface area contributed by atoms with Crippen LogP contribution >= 0.6 is 0 Å². The van der Waals surface area contributed by atoms with E-state index in [1.807, 2.05) is 43.5 Å². The number of sulfonamides is 1. The van der Waals surface area contributed by atoms with Gasteiger partial charge in [0.1, 0.15) is 0 Å². The summed E-state index contributed by atoms with van der Waals surface area (Å²) in [4.78, 5) is 12.8. The SMILES string of the molecule is Cc1ccc(S(=O)(=O)N2CCCCC2)cc1NC(=O)CNc1ccccc1-n1cccn1. The molecule has 0 unspecified atom stereocenters. The van der Waals surface area contributed by atoms with E-state index in [1.165, 1.54) is 4.31 Å². The Kier molecular flexibility index (Phi) is 6.57. The van der Waals surface area contributed by atoms with Crippen LogP contribution in [0.15, 0.2) is 65.8 Å². The van der Waals surface area contributed by atoms with Crippen molar-refractivity contribution < 1.29 is 13.2 Å². The number of anilines is 2. The van der Waals surface area contributed by atoms with E-state index in [0.29, 0.717) is 18.8 Å². The smallest absolute Gasteiger partial charge is 0.243 e. The number of rotatable bonds is 7. The van der Waals surface area contributed by atoms with Gasteiger partial charge in [-0.25, -0.2) is 13.1 Å². The third-order valence-electron chi connectivity index (χ3n) is 5.53. The molecule has 0 atom stereocenters. The third-order valence-corrected chi connectivity index (χ3v) is 7.43. The van der Waals surface area contributed by atoms with Crippen LogP contribution in [0.25, 0.3) is 5.69 Å². The summed E-state index contributed by atoms with van der Waals surface area (Å²) >= 11 is 0. The predicted octanol–water partition coefficient (Wildman–Crippen LogP) is 3.41. The van der Waals surface area contributed by atoms with Gasteiger partial charge in [-0.05, 0) is 55.7 Å². The van der Waals surface area contributed by atoms with Crippen LogP contribution in [-0.2, 0) is 14.8 Å². The van der Waals surface area contributed by atoms with Gasteiger partial charge in [0.05, 0.1) is 22.8 Å². The zero-order chi connectivity index (χ0) is 22.6. The molecular weight excluding hydrogens is 426 g/mol. The number of piperidine rings is 1. The largest absolute Gasteiger partial charge is 0.374 e. The maximum Gasteiger partial charge on any atom is 0.243 e. The first kappa shape index (κ1) is 22.0. The molecular formula is C23H27N5O3S. The highest BCUT2D eigenvalue weighted by Crippen LogP contribution is 2.25. The van der Waals surface area contributed by atoms with Crippen LogP contribution in [0.3, 0.4) is 0 Å². The van der Waals surface area contributed by atoms with Crippen molar-refractivity contribution in [2.45, 2.75) is 31.1 Å². The highest BCUT2D eigenvalue weighted by Gasteiger charge is 2.26. The highest BCUT2D eigenvalue weighted by atomic mass is 32.2. The van der Waals surface area contributed by atoms with Gasteiger partial charge >= 0.3 is 0 Å². The van der Waals surface area contributed by atoms with E-state index in [0.717, 1.165) is 36.2 Å². The molecule has 9 heteroatoms. The molecule has 32 heavy (non-hydrogen) atoms. The Balaban J connectivity index is 1.46. The Morgan fingerprint density at radius 1 is 1.03 bits per heavy atom. The van der Waals surface area contributed by atoms with Gasteiger partial charge < -0.3 is 10.6 Å². The van der Waals surface area contributed by atoms with Crippen LogP contribution < -0.4 is 10.6 Å². The lowest BCUT2D eigenvalue weighted by atomic mass is 10.2. The van der Waals surface area contributed by atoms with E-state index in [9.17, 15) is 13.2 Å². The average molecular weight is 454 g/mol. The zero-order valence-electron chi connectivity index (χ0n) is 18.0. The van der Waals surface area contributed by atoms with Crippen molar-refractivity contribution >= 4 is 27.3 Å². The normalized spacial score (nSPS) is 14.8. The summed E-state index contributed by atoms with van der Waals surface area (Å²) in [5, 5.41) is 10.2. The first-order valence-corrected chi connectivity index (χ1v) is 12.1. The van der Waals surface area contributed by atoms with Crippen LogP contribution in [-0.4, -0.2) is 48.0 Å². The van der Waals surface area contributed by atoms with E-state index < -0.39 is 10.0 Å². The zero-order valence-corrected chi connectivity index (χ0v) is 18.8. The van der Waals surface area contributed by atoms with Gasteiger partial charge in [-0.2, -0.15) is 9.40 Å². The predicted molar refractivity (Wildman–Crippen MR) is 124 cm³/mol. The van der Waals surface area contributed by atoms with Crippen molar-refractivity contribution in [2.24, 2.45) is 0 Å². The topological polar surface area (TPSA) is 96.3 Å². The number of para-hydroxylation sites is 2. The summed E-state index contributed by atoms with van der Waals surface area (Å²) in [6, 6.07) is 14.3. The van der Waals surface area contributed by atoms with Gasteiger partial charge in [0.2, 0.25) is 15.9 Å². The van der Waals surface area contributed by atoms with E-state index in [-0.39, 0.29) is 17.3 Å². The molecule has 0 aliphatic carbocycles. The van der Waals surface area contributed by atoms with Crippen molar-refractivity contribution in [3.05, 3.63) is 66.5 Å². The Morgan fingerprint density at radius 3 is 2.56 bits per heavy atom. The van der Waals surface area contributed by atoms with Crippen LogP contribution in [0.5, 0.6) is 0 Å². The number of nitrogens with zero attached hydrogens (tertiary/aromatic N) is 3. The summed E-state index contributed by atoms with van der Waals surface area (Å²) in [6.45, 7) is 2.95. The van der Waals surface area contributed by atoms with Crippen LogP contribution in [0, 0.1) is 6.92 Å². The number of amides is 1. The number of aromatic nitrogens is 2. The van der Waals surface area contributed by atoms with Crippen molar-refractivity contribution in [3.8, 4) is 5.69 Å². The van der Waals surface area contributed by atoms with Gasteiger partial charge in [-0.1, -0.05) is 24.6 Å². The minimum absolute atomic E-state index is 0.0286. The second-order valence-corrected chi connectivity index (χ2v) is 9.75. The maximum atomic E-state index is 13.0. The number of hydrogen-bond donors (Lipinski definition) is 2. The molecule has 1 aliphatic heterocycles. The number of aryl methyl sites for hydroxylation is 1. The molecule has 1 saturated heterocycles. The second-order valence-electron chi connectivity index (χ2n) is 7.81. The fourth-order valence-electron chi connectivity index (χ4n) is 3.75. The lowest BCUT2D eigenvalue weighted by Crippen LogP contribution is -2.35. The summed E-state index contributed by atoms with van der Waals surface area (Å²) in [5.74, 6) is -0.268. The average Bonchev–Trinajstić information content (AvgIpc) is 3.35. The van der Waals surface area contributed by atoms with Crippen LogP contribution in [0.2, 0.25) is 0 Å². The first-order valence-electron chi connectivity index (χ1n) is 10.7. The van der Waals surface area contributed by atoms with Gasteiger partial charge in [0.25, 0.3) is 0 Å². The van der Waals surface area contributed by atoms with Crippen LogP contribution in [0.4, 0.5) is 11.4 Å². The molecule has 2 aromatic carbocycles. The summed E-state index contributed by atoms with van der Waals surface area (Å²) in [5.41, 5.74) is 2.89. The van der Waals surface area contributed by atoms with Gasteiger partial charge in [-0.3, -0.25) is 4.79 Å². The fraction of sp³-hybridized carbons (Fsp3) is 0.304. The van der Waals surface area contributed by atoms with E-state index in [4.69, 9.17) is 0 Å². The van der Waals surface area contributed by atoms with E-state index in [2.05, 4.69) is 15.7 Å². The van der Waals surface area contributed by atoms with Crippen molar-refractivity contribution in [1.82, 2.24) is 14.1 Å². The summed E-state index contributed by atoms with van der Waals surface area (Å²) < 4.78 is 29.2.